The third kappa shape index (κ3) is 6.16. The zero-order valence-corrected chi connectivity index (χ0v) is 19.6. The van der Waals surface area contributed by atoms with Crippen LogP contribution in [0.3, 0.4) is 0 Å². The Balaban J connectivity index is 1.88. The van der Waals surface area contributed by atoms with E-state index in [1.807, 2.05) is 0 Å². The summed E-state index contributed by atoms with van der Waals surface area (Å²) in [6.45, 7) is 2.00. The van der Waals surface area contributed by atoms with Gasteiger partial charge in [0.2, 0.25) is 5.88 Å². The number of aliphatic imine (C=N–C) groups is 1. The molecule has 0 saturated carbocycles. The Labute approximate surface area is 200 Å². The molecule has 14 heteroatoms. The maximum Gasteiger partial charge on any atom is 0.422 e. The normalized spacial score (nSPS) is 22.5. The smallest absolute Gasteiger partial charge is 0.422 e. The van der Waals surface area contributed by atoms with Crippen LogP contribution in [0, 0.1) is 18.6 Å². The molecule has 7 nitrogen and oxygen atoms in total. The second-order valence-electron chi connectivity index (χ2n) is 8.41. The third-order valence-electron chi connectivity index (χ3n) is 5.10. The molecular formula is C21H21F6N5O2S. The molecule has 190 valence electrons. The SMILES string of the molecule is Cc1nc(OCC(F)(F)F)cnc1C(=O)Nc1cc(F)c(F)c([C@]2(C)C[C@](C)(CF)SC(N)=N2)c1. The zero-order valence-electron chi connectivity index (χ0n) is 18.8. The minimum Gasteiger partial charge on any atom is -0.467 e. The topological polar surface area (TPSA) is 102 Å². The lowest BCUT2D eigenvalue weighted by atomic mass is 9.83. The van der Waals surface area contributed by atoms with Crippen LogP contribution in [0.1, 0.15) is 42.0 Å². The summed E-state index contributed by atoms with van der Waals surface area (Å²) in [5.74, 6) is -3.83. The summed E-state index contributed by atoms with van der Waals surface area (Å²) in [6, 6.07) is 1.90. The third-order valence-corrected chi connectivity index (χ3v) is 6.15. The number of amidine groups is 1. The summed E-state index contributed by atoms with van der Waals surface area (Å²) < 4.78 is 83.3. The number of nitrogens with zero attached hydrogens (tertiary/aromatic N) is 3. The zero-order chi connectivity index (χ0) is 26.2. The number of hydrogen-bond donors (Lipinski definition) is 2. The number of ether oxygens (including phenoxy) is 1. The fourth-order valence-electron chi connectivity index (χ4n) is 3.70. The van der Waals surface area contributed by atoms with Crippen molar-refractivity contribution in [3.05, 3.63) is 46.9 Å². The molecule has 1 aromatic heterocycles. The van der Waals surface area contributed by atoms with E-state index in [1.54, 1.807) is 6.92 Å². The highest BCUT2D eigenvalue weighted by molar-refractivity contribution is 8.15. The van der Waals surface area contributed by atoms with Crippen LogP contribution in [0.25, 0.3) is 0 Å². The molecular weight excluding hydrogens is 500 g/mol. The number of aryl methyl sites for hydroxylation is 1. The Morgan fingerprint density at radius 1 is 1.29 bits per heavy atom. The lowest BCUT2D eigenvalue weighted by Gasteiger charge is -2.39. The van der Waals surface area contributed by atoms with Crippen LogP contribution in [-0.4, -0.2) is 45.2 Å². The van der Waals surface area contributed by atoms with Crippen molar-refractivity contribution in [3.8, 4) is 5.88 Å². The van der Waals surface area contributed by atoms with Gasteiger partial charge in [-0.15, -0.1) is 0 Å². The molecule has 0 aliphatic carbocycles. The summed E-state index contributed by atoms with van der Waals surface area (Å²) in [7, 11) is 0. The summed E-state index contributed by atoms with van der Waals surface area (Å²) in [5.41, 5.74) is 3.68. The molecule has 0 radical (unpaired) electrons. The van der Waals surface area contributed by atoms with Crippen molar-refractivity contribution in [2.45, 2.75) is 43.7 Å². The minimum absolute atomic E-state index is 0.000399. The Hall–Kier alpha value is -3.03. The largest absolute Gasteiger partial charge is 0.467 e. The quantitative estimate of drug-likeness (QED) is 0.537. The van der Waals surface area contributed by atoms with Gasteiger partial charge in [0.1, 0.15) is 12.4 Å². The molecule has 2 atom stereocenters. The molecule has 0 bridgehead atoms. The average Bonchev–Trinajstić information content (AvgIpc) is 2.73. The van der Waals surface area contributed by atoms with Crippen molar-refractivity contribution in [2.75, 3.05) is 18.6 Å². The van der Waals surface area contributed by atoms with Crippen molar-refractivity contribution in [3.63, 3.8) is 0 Å². The number of thioether (sulfide) groups is 1. The van der Waals surface area contributed by atoms with Crippen LogP contribution in [0.2, 0.25) is 0 Å². The van der Waals surface area contributed by atoms with Gasteiger partial charge in [-0.25, -0.2) is 23.1 Å². The number of hydrogen-bond acceptors (Lipinski definition) is 7. The highest BCUT2D eigenvalue weighted by Gasteiger charge is 2.44. The summed E-state index contributed by atoms with van der Waals surface area (Å²) >= 11 is 0.994. The van der Waals surface area contributed by atoms with E-state index >= 15 is 0 Å². The maximum absolute atomic E-state index is 14.8. The molecule has 2 heterocycles. The number of aromatic nitrogens is 2. The first-order chi connectivity index (χ1) is 16.1. The van der Waals surface area contributed by atoms with E-state index in [0.29, 0.717) is 0 Å². The second-order valence-corrected chi connectivity index (χ2v) is 10.0. The molecule has 35 heavy (non-hydrogen) atoms. The predicted molar refractivity (Wildman–Crippen MR) is 118 cm³/mol. The fraction of sp³-hybridized carbons (Fsp3) is 0.429. The number of carbonyl (C=O) groups excluding carboxylic acids is 1. The number of carbonyl (C=O) groups is 1. The number of nitrogens with one attached hydrogen (secondary N) is 1. The van der Waals surface area contributed by atoms with Crippen LogP contribution >= 0.6 is 11.8 Å². The first-order valence-corrected chi connectivity index (χ1v) is 10.9. The maximum atomic E-state index is 14.8. The van der Waals surface area contributed by atoms with Gasteiger partial charge in [0.25, 0.3) is 5.91 Å². The van der Waals surface area contributed by atoms with Gasteiger partial charge in [0.15, 0.2) is 23.4 Å². The number of rotatable bonds is 6. The van der Waals surface area contributed by atoms with Gasteiger partial charge in [-0.2, -0.15) is 13.2 Å². The monoisotopic (exact) mass is 521 g/mol. The van der Waals surface area contributed by atoms with Crippen molar-refractivity contribution in [1.29, 1.82) is 0 Å². The number of amides is 1. The molecule has 0 spiro atoms. The van der Waals surface area contributed by atoms with Crippen molar-refractivity contribution in [2.24, 2.45) is 10.7 Å². The molecule has 1 aliphatic heterocycles. The van der Waals surface area contributed by atoms with E-state index in [4.69, 9.17) is 5.73 Å². The number of halogens is 6. The molecule has 0 unspecified atom stereocenters. The molecule has 2 aromatic rings. The first-order valence-electron chi connectivity index (χ1n) is 10.1. The van der Waals surface area contributed by atoms with E-state index < -0.39 is 53.2 Å². The molecule has 0 fully saturated rings. The average molecular weight is 521 g/mol. The predicted octanol–water partition coefficient (Wildman–Crippen LogP) is 4.65. The van der Waals surface area contributed by atoms with E-state index in [0.717, 1.165) is 30.1 Å². The molecule has 3 rings (SSSR count). The van der Waals surface area contributed by atoms with E-state index in [9.17, 15) is 31.1 Å². The van der Waals surface area contributed by atoms with Gasteiger partial charge in [-0.1, -0.05) is 11.8 Å². The van der Waals surface area contributed by atoms with Crippen molar-refractivity contribution >= 4 is 28.5 Å². The molecule has 1 amide bonds. The van der Waals surface area contributed by atoms with Crippen LogP contribution in [0.15, 0.2) is 23.3 Å². The Kier molecular flexibility index (Phi) is 7.25. The molecule has 1 aliphatic rings. The summed E-state index contributed by atoms with van der Waals surface area (Å²) in [6.07, 6.45) is -3.75. The fourth-order valence-corrected chi connectivity index (χ4v) is 4.86. The number of alkyl halides is 4. The Morgan fingerprint density at radius 3 is 2.57 bits per heavy atom. The Bertz CT molecular complexity index is 1180. The van der Waals surface area contributed by atoms with E-state index in [2.05, 4.69) is 25.0 Å². The lowest BCUT2D eigenvalue weighted by Crippen LogP contribution is -2.42. The second kappa shape index (κ2) is 9.55. The Morgan fingerprint density at radius 2 is 1.97 bits per heavy atom. The minimum atomic E-state index is -4.58. The van der Waals surface area contributed by atoms with E-state index in [1.165, 1.54) is 13.8 Å². The standard InChI is InChI=1S/C21H21F6N5O2S/c1-10-16(29-6-14(30-10)34-9-21(25,26)27)17(33)31-11-4-12(15(24)13(23)5-11)20(3)7-19(2,8-22)35-18(28)32-20/h4-6H,7-9H2,1-3H3,(H2,28,32)(H,31,33)/t19-,20+/m1/s1. The highest BCUT2D eigenvalue weighted by Crippen LogP contribution is 2.46. The summed E-state index contributed by atoms with van der Waals surface area (Å²) in [5, 5.41) is 2.36. The van der Waals surface area contributed by atoms with Gasteiger partial charge in [-0.05, 0) is 33.3 Å². The number of anilines is 1. The number of nitrogens with two attached hydrogens (primary N) is 1. The number of benzene rings is 1. The first kappa shape index (κ1) is 26.6. The van der Waals surface area contributed by atoms with Crippen LogP contribution in [0.5, 0.6) is 5.88 Å². The van der Waals surface area contributed by atoms with Crippen LogP contribution < -0.4 is 15.8 Å². The summed E-state index contributed by atoms with van der Waals surface area (Å²) in [4.78, 5) is 24.4. The van der Waals surface area contributed by atoms with Gasteiger partial charge in [0, 0.05) is 17.3 Å². The van der Waals surface area contributed by atoms with E-state index in [-0.39, 0.29) is 34.2 Å². The van der Waals surface area contributed by atoms with Crippen molar-refractivity contribution < 1.29 is 35.9 Å². The molecule has 0 saturated heterocycles. The van der Waals surface area contributed by atoms with Gasteiger partial charge >= 0.3 is 6.18 Å². The van der Waals surface area contributed by atoms with Crippen molar-refractivity contribution in [1.82, 2.24) is 9.97 Å². The molecule has 3 N–H and O–H groups in total. The molecule has 1 aromatic carbocycles. The van der Waals surface area contributed by atoms with Crippen LogP contribution in [0.4, 0.5) is 32.0 Å². The van der Waals surface area contributed by atoms with Gasteiger partial charge in [0.05, 0.1) is 22.2 Å². The van der Waals surface area contributed by atoms with Gasteiger partial charge in [-0.3, -0.25) is 9.79 Å². The van der Waals surface area contributed by atoms with Crippen LogP contribution in [-0.2, 0) is 5.54 Å². The van der Waals surface area contributed by atoms with Gasteiger partial charge < -0.3 is 15.8 Å². The highest BCUT2D eigenvalue weighted by atomic mass is 32.2. The lowest BCUT2D eigenvalue weighted by molar-refractivity contribution is -0.154.